The predicted molar refractivity (Wildman–Crippen MR) is 91.2 cm³/mol. The first-order chi connectivity index (χ1) is 12.0. The van der Waals surface area contributed by atoms with Gasteiger partial charge in [-0.25, -0.2) is 9.59 Å². The lowest BCUT2D eigenvalue weighted by Gasteiger charge is -2.09. The van der Waals surface area contributed by atoms with Crippen molar-refractivity contribution in [3.05, 3.63) is 63.7 Å². The molecule has 1 aliphatic rings. The van der Waals surface area contributed by atoms with Crippen molar-refractivity contribution < 1.29 is 23.5 Å². The third kappa shape index (κ3) is 3.63. The second-order valence-electron chi connectivity index (χ2n) is 5.19. The monoisotopic (exact) mass is 404 g/mol. The normalized spacial score (nSPS) is 15.6. The highest BCUT2D eigenvalue weighted by atomic mass is 79.9. The highest BCUT2D eigenvalue weighted by Crippen LogP contribution is 2.19. The Labute approximate surface area is 151 Å². The highest BCUT2D eigenvalue weighted by Gasteiger charge is 2.34. The van der Waals surface area contributed by atoms with Crippen molar-refractivity contribution in [2.45, 2.75) is 6.54 Å². The second-order valence-corrected chi connectivity index (χ2v) is 6.10. The Kier molecular flexibility index (Phi) is 4.71. The Morgan fingerprint density at radius 3 is 2.64 bits per heavy atom. The molecule has 0 bridgehead atoms. The van der Waals surface area contributed by atoms with Crippen LogP contribution in [0, 0.1) is 0 Å². The van der Waals surface area contributed by atoms with Crippen LogP contribution in [0.3, 0.4) is 0 Å². The molecule has 0 atom stereocenters. The van der Waals surface area contributed by atoms with Gasteiger partial charge in [0.25, 0.3) is 5.91 Å². The molecule has 1 aliphatic heterocycles. The Hall–Kier alpha value is -2.87. The zero-order chi connectivity index (χ0) is 18.0. The highest BCUT2D eigenvalue weighted by molar-refractivity contribution is 9.10. The number of furan rings is 1. The second kappa shape index (κ2) is 6.94. The number of hydrogen-bond acceptors (Lipinski definition) is 5. The molecule has 128 valence electrons. The molecular weight excluding hydrogens is 392 g/mol. The summed E-state index contributed by atoms with van der Waals surface area (Å²) in [6, 6.07) is 9.69. The minimum atomic E-state index is -0.626. The quantitative estimate of drug-likeness (QED) is 0.480. The van der Waals surface area contributed by atoms with E-state index >= 15 is 0 Å². The molecule has 1 fully saturated rings. The van der Waals surface area contributed by atoms with Gasteiger partial charge in [0.1, 0.15) is 11.5 Å². The predicted octanol–water partition coefficient (Wildman–Crippen LogP) is 2.92. The van der Waals surface area contributed by atoms with Crippen molar-refractivity contribution in [2.24, 2.45) is 0 Å². The summed E-state index contributed by atoms with van der Waals surface area (Å²) in [5, 5.41) is 2.53. The van der Waals surface area contributed by atoms with Crippen molar-refractivity contribution >= 4 is 39.9 Å². The molecule has 0 spiro atoms. The first-order valence-electron chi connectivity index (χ1n) is 7.25. The number of carbonyl (C=O) groups is 3. The number of carbonyl (C=O) groups excluding carboxylic acids is 3. The fourth-order valence-electron chi connectivity index (χ4n) is 2.27. The van der Waals surface area contributed by atoms with Gasteiger partial charge in [-0.15, -0.1) is 0 Å². The fraction of sp³-hybridized carbons (Fsp3) is 0.118. The Balaban J connectivity index is 1.76. The number of amides is 3. The third-order valence-electron chi connectivity index (χ3n) is 3.51. The molecule has 1 saturated heterocycles. The molecule has 3 rings (SSSR count). The molecule has 1 aromatic heterocycles. The molecule has 25 heavy (non-hydrogen) atoms. The van der Waals surface area contributed by atoms with Crippen molar-refractivity contribution in [3.63, 3.8) is 0 Å². The summed E-state index contributed by atoms with van der Waals surface area (Å²) in [5.41, 5.74) is 0.951. The minimum absolute atomic E-state index is 0.00943. The summed E-state index contributed by atoms with van der Waals surface area (Å²) in [7, 11) is 1.24. The summed E-state index contributed by atoms with van der Waals surface area (Å²) in [6.45, 7) is -0.0840. The summed E-state index contributed by atoms with van der Waals surface area (Å²) >= 11 is 3.33. The Bertz CT molecular complexity index is 869. The maximum atomic E-state index is 12.4. The zero-order valence-electron chi connectivity index (χ0n) is 13.1. The van der Waals surface area contributed by atoms with Gasteiger partial charge in [-0.2, -0.15) is 0 Å². The molecule has 8 heteroatoms. The maximum Gasteiger partial charge on any atom is 0.373 e. The molecule has 2 aromatic rings. The largest absolute Gasteiger partial charge is 0.463 e. The molecule has 0 saturated carbocycles. The molecule has 1 aromatic carbocycles. The SMILES string of the molecule is COC(=O)c1ccc(CN2C(=O)N/C(=C\c3ccc(Br)cc3)C2=O)o1. The van der Waals surface area contributed by atoms with E-state index in [-0.39, 0.29) is 18.0 Å². The van der Waals surface area contributed by atoms with Crippen LogP contribution in [0.25, 0.3) is 6.08 Å². The van der Waals surface area contributed by atoms with Crippen LogP contribution in [0.1, 0.15) is 21.9 Å². The van der Waals surface area contributed by atoms with Crippen LogP contribution in [0.5, 0.6) is 0 Å². The van der Waals surface area contributed by atoms with E-state index in [1.807, 2.05) is 24.3 Å². The van der Waals surface area contributed by atoms with Crippen LogP contribution >= 0.6 is 15.9 Å². The van der Waals surface area contributed by atoms with E-state index in [1.54, 1.807) is 6.08 Å². The number of ether oxygens (including phenoxy) is 1. The van der Waals surface area contributed by atoms with Gasteiger partial charge in [-0.3, -0.25) is 9.69 Å². The van der Waals surface area contributed by atoms with Gasteiger partial charge in [0.2, 0.25) is 5.76 Å². The lowest BCUT2D eigenvalue weighted by Crippen LogP contribution is -2.30. The average Bonchev–Trinajstić information content (AvgIpc) is 3.17. The summed E-state index contributed by atoms with van der Waals surface area (Å²) in [4.78, 5) is 36.9. The van der Waals surface area contributed by atoms with Crippen molar-refractivity contribution in [2.75, 3.05) is 7.11 Å². The number of imide groups is 1. The lowest BCUT2D eigenvalue weighted by molar-refractivity contribution is -0.123. The van der Waals surface area contributed by atoms with E-state index in [4.69, 9.17) is 4.42 Å². The maximum absolute atomic E-state index is 12.4. The molecular formula is C17H13BrN2O5. The van der Waals surface area contributed by atoms with Crippen molar-refractivity contribution in [1.29, 1.82) is 0 Å². The van der Waals surface area contributed by atoms with Gasteiger partial charge in [0.05, 0.1) is 13.7 Å². The number of halogens is 1. The fourth-order valence-corrected chi connectivity index (χ4v) is 2.53. The van der Waals surface area contributed by atoms with Gasteiger partial charge in [0, 0.05) is 4.47 Å². The van der Waals surface area contributed by atoms with E-state index in [2.05, 4.69) is 26.0 Å². The average molecular weight is 405 g/mol. The van der Waals surface area contributed by atoms with Crippen molar-refractivity contribution in [1.82, 2.24) is 10.2 Å². The van der Waals surface area contributed by atoms with Crippen LogP contribution in [-0.4, -0.2) is 29.9 Å². The number of hydrogen-bond donors (Lipinski definition) is 1. The molecule has 2 heterocycles. The first kappa shape index (κ1) is 17.0. The van der Waals surface area contributed by atoms with E-state index < -0.39 is 17.9 Å². The van der Waals surface area contributed by atoms with Gasteiger partial charge >= 0.3 is 12.0 Å². The first-order valence-corrected chi connectivity index (χ1v) is 8.04. The summed E-state index contributed by atoms with van der Waals surface area (Å²) in [6.07, 6.45) is 1.59. The van der Waals surface area contributed by atoms with Gasteiger partial charge in [0.15, 0.2) is 0 Å². The van der Waals surface area contributed by atoms with Crippen LogP contribution in [0.4, 0.5) is 4.79 Å². The van der Waals surface area contributed by atoms with Gasteiger partial charge in [-0.1, -0.05) is 28.1 Å². The summed E-state index contributed by atoms with van der Waals surface area (Å²) in [5.74, 6) is -0.785. The van der Waals surface area contributed by atoms with E-state index in [0.29, 0.717) is 5.76 Å². The molecule has 0 aliphatic carbocycles. The number of benzene rings is 1. The van der Waals surface area contributed by atoms with Crippen LogP contribution < -0.4 is 5.32 Å². The standard InChI is InChI=1S/C17H13BrN2O5/c1-24-16(22)14-7-6-12(25-14)9-20-15(21)13(19-17(20)23)8-10-2-4-11(18)5-3-10/h2-8H,9H2,1H3,(H,19,23)/b13-8-. The van der Waals surface area contributed by atoms with E-state index in [9.17, 15) is 14.4 Å². The number of nitrogens with one attached hydrogen (secondary N) is 1. The smallest absolute Gasteiger partial charge is 0.373 e. The van der Waals surface area contributed by atoms with Crippen LogP contribution in [0.2, 0.25) is 0 Å². The number of urea groups is 1. The van der Waals surface area contributed by atoms with Crippen molar-refractivity contribution in [3.8, 4) is 0 Å². The van der Waals surface area contributed by atoms with Crippen LogP contribution in [-0.2, 0) is 16.1 Å². The number of rotatable bonds is 4. The van der Waals surface area contributed by atoms with Crippen LogP contribution in [0.15, 0.2) is 51.0 Å². The molecule has 0 unspecified atom stereocenters. The van der Waals surface area contributed by atoms with E-state index in [0.717, 1.165) is 14.9 Å². The van der Waals surface area contributed by atoms with E-state index in [1.165, 1.54) is 19.2 Å². The minimum Gasteiger partial charge on any atom is -0.463 e. The van der Waals surface area contributed by atoms with Gasteiger partial charge < -0.3 is 14.5 Å². The molecule has 0 radical (unpaired) electrons. The number of nitrogens with zero attached hydrogens (tertiary/aromatic N) is 1. The number of methoxy groups -OCH3 is 1. The molecule has 1 N–H and O–H groups in total. The topological polar surface area (TPSA) is 88.9 Å². The molecule has 3 amide bonds. The molecule has 7 nitrogen and oxygen atoms in total. The summed E-state index contributed by atoms with van der Waals surface area (Å²) < 4.78 is 10.8. The zero-order valence-corrected chi connectivity index (χ0v) is 14.7. The van der Waals surface area contributed by atoms with Gasteiger partial charge in [-0.05, 0) is 35.9 Å². The Morgan fingerprint density at radius 1 is 1.24 bits per heavy atom. The third-order valence-corrected chi connectivity index (χ3v) is 4.03. The number of esters is 1. The lowest BCUT2D eigenvalue weighted by atomic mass is 10.2. The Morgan fingerprint density at radius 2 is 1.96 bits per heavy atom.